The van der Waals surface area contributed by atoms with E-state index in [1.165, 1.54) is 24.7 Å². The summed E-state index contributed by atoms with van der Waals surface area (Å²) in [6.45, 7) is 1.31. The molecule has 0 aliphatic carbocycles. The van der Waals surface area contributed by atoms with Crippen LogP contribution in [-0.4, -0.2) is 52.8 Å². The third-order valence-electron chi connectivity index (χ3n) is 4.77. The van der Waals surface area contributed by atoms with Crippen LogP contribution in [0.5, 0.6) is 0 Å². The van der Waals surface area contributed by atoms with Crippen molar-refractivity contribution in [2.75, 3.05) is 26.2 Å². The Kier molecular flexibility index (Phi) is 5.06. The van der Waals surface area contributed by atoms with Crippen LogP contribution in [0.15, 0.2) is 57.8 Å². The number of hydrogen-bond donors (Lipinski definition) is 0. The summed E-state index contributed by atoms with van der Waals surface area (Å²) in [7, 11) is 0. The van der Waals surface area contributed by atoms with Crippen molar-refractivity contribution < 1.29 is 31.6 Å². The molecule has 1 aromatic carbocycles. The molecule has 7 nitrogen and oxygen atoms in total. The highest BCUT2D eigenvalue weighted by atomic mass is 19.4. The van der Waals surface area contributed by atoms with Gasteiger partial charge in [-0.05, 0) is 36.4 Å². The average molecular weight is 419 g/mol. The average Bonchev–Trinajstić information content (AvgIpc) is 3.45. The summed E-state index contributed by atoms with van der Waals surface area (Å²) in [6.07, 6.45) is -1.84. The fourth-order valence-corrected chi connectivity index (χ4v) is 3.14. The van der Waals surface area contributed by atoms with E-state index in [0.717, 1.165) is 12.1 Å². The van der Waals surface area contributed by atoms with E-state index in [2.05, 4.69) is 4.98 Å². The molecular weight excluding hydrogens is 403 g/mol. The van der Waals surface area contributed by atoms with Gasteiger partial charge in [-0.15, -0.1) is 0 Å². The van der Waals surface area contributed by atoms with E-state index in [9.17, 15) is 22.8 Å². The molecule has 1 fully saturated rings. The van der Waals surface area contributed by atoms with Crippen molar-refractivity contribution >= 4 is 11.8 Å². The summed E-state index contributed by atoms with van der Waals surface area (Å²) in [5.74, 6) is -0.314. The zero-order chi connectivity index (χ0) is 21.3. The van der Waals surface area contributed by atoms with Gasteiger partial charge in [-0.2, -0.15) is 13.2 Å². The monoisotopic (exact) mass is 419 g/mol. The second kappa shape index (κ2) is 7.69. The maximum Gasteiger partial charge on any atom is 0.416 e. The molecule has 1 aliphatic heterocycles. The Hall–Kier alpha value is -3.56. The fourth-order valence-electron chi connectivity index (χ4n) is 3.14. The van der Waals surface area contributed by atoms with Crippen molar-refractivity contribution in [3.63, 3.8) is 0 Å². The summed E-state index contributed by atoms with van der Waals surface area (Å²) >= 11 is 0. The first-order chi connectivity index (χ1) is 14.3. The number of carbonyl (C=O) groups excluding carboxylic acids is 2. The van der Waals surface area contributed by atoms with Gasteiger partial charge in [0.15, 0.2) is 11.5 Å². The van der Waals surface area contributed by atoms with E-state index in [-0.39, 0.29) is 29.2 Å². The van der Waals surface area contributed by atoms with E-state index in [1.54, 1.807) is 21.9 Å². The van der Waals surface area contributed by atoms with Gasteiger partial charge in [-0.25, -0.2) is 4.98 Å². The highest BCUT2D eigenvalue weighted by Gasteiger charge is 2.31. The number of oxazole rings is 1. The van der Waals surface area contributed by atoms with Gasteiger partial charge in [-0.3, -0.25) is 9.59 Å². The van der Waals surface area contributed by atoms with Gasteiger partial charge < -0.3 is 18.6 Å². The second-order valence-electron chi connectivity index (χ2n) is 6.67. The number of halogens is 3. The lowest BCUT2D eigenvalue weighted by atomic mass is 10.1. The molecule has 3 heterocycles. The maximum atomic E-state index is 12.7. The molecule has 0 N–H and O–H groups in total. The molecule has 4 rings (SSSR count). The number of alkyl halides is 3. The molecule has 0 unspecified atom stereocenters. The minimum absolute atomic E-state index is 0.0516. The third-order valence-corrected chi connectivity index (χ3v) is 4.77. The molecule has 0 spiro atoms. The number of amides is 2. The number of nitrogens with zero attached hydrogens (tertiary/aromatic N) is 3. The summed E-state index contributed by atoms with van der Waals surface area (Å²) in [5, 5.41) is 0. The Balaban J connectivity index is 1.39. The van der Waals surface area contributed by atoms with E-state index in [1.807, 2.05) is 0 Å². The number of furan rings is 1. The first-order valence-corrected chi connectivity index (χ1v) is 9.08. The van der Waals surface area contributed by atoms with Gasteiger partial charge >= 0.3 is 6.18 Å². The van der Waals surface area contributed by atoms with E-state index >= 15 is 0 Å². The fraction of sp³-hybridized carbons (Fsp3) is 0.250. The van der Waals surface area contributed by atoms with Crippen LogP contribution in [0, 0.1) is 0 Å². The summed E-state index contributed by atoms with van der Waals surface area (Å²) in [5.41, 5.74) is -0.400. The zero-order valence-corrected chi connectivity index (χ0v) is 15.6. The van der Waals surface area contributed by atoms with Crippen molar-refractivity contribution in [1.82, 2.24) is 14.8 Å². The lowest BCUT2D eigenvalue weighted by Gasteiger charge is -2.33. The minimum Gasteiger partial charge on any atom is -0.459 e. The number of piperazine rings is 1. The Morgan fingerprint density at radius 3 is 2.10 bits per heavy atom. The summed E-state index contributed by atoms with van der Waals surface area (Å²) < 4.78 is 48.4. The van der Waals surface area contributed by atoms with Crippen LogP contribution < -0.4 is 0 Å². The number of hydrogen-bond acceptors (Lipinski definition) is 5. The normalized spacial score (nSPS) is 14.8. The number of rotatable bonds is 3. The molecule has 30 heavy (non-hydrogen) atoms. The molecule has 156 valence electrons. The van der Waals surface area contributed by atoms with Gasteiger partial charge in [-0.1, -0.05) is 0 Å². The minimum atomic E-state index is -4.43. The molecule has 1 saturated heterocycles. The zero-order valence-electron chi connectivity index (χ0n) is 15.6. The molecule has 0 saturated carbocycles. The number of benzene rings is 1. The van der Waals surface area contributed by atoms with Crippen LogP contribution in [0.1, 0.15) is 26.6 Å². The van der Waals surface area contributed by atoms with Crippen molar-refractivity contribution in [3.05, 3.63) is 65.9 Å². The Morgan fingerprint density at radius 1 is 0.900 bits per heavy atom. The van der Waals surface area contributed by atoms with Gasteiger partial charge in [0, 0.05) is 31.7 Å². The molecule has 3 aromatic rings. The quantitative estimate of drug-likeness (QED) is 0.649. The second-order valence-corrected chi connectivity index (χ2v) is 6.67. The topological polar surface area (TPSA) is 79.8 Å². The molecule has 0 atom stereocenters. The molecule has 0 radical (unpaired) electrons. The molecule has 10 heteroatoms. The highest BCUT2D eigenvalue weighted by Crippen LogP contribution is 2.30. The van der Waals surface area contributed by atoms with Crippen LogP contribution in [0.4, 0.5) is 13.2 Å². The largest absolute Gasteiger partial charge is 0.459 e. The predicted octanol–water partition coefficient (Wildman–Crippen LogP) is 3.55. The SMILES string of the molecule is O=C(c1coc(-c2ccc(C(F)(F)F)cc2)n1)N1CCN(C(=O)c2ccco2)CC1. The Bertz CT molecular complexity index is 1030. The molecule has 0 bridgehead atoms. The molecule has 1 aliphatic rings. The smallest absolute Gasteiger partial charge is 0.416 e. The van der Waals surface area contributed by atoms with Crippen molar-refractivity contribution in [3.8, 4) is 11.5 Å². The third kappa shape index (κ3) is 3.93. The van der Waals surface area contributed by atoms with Gasteiger partial charge in [0.25, 0.3) is 11.8 Å². The standard InChI is InChI=1S/C20H16F3N3O4/c21-20(22,23)14-5-3-13(4-6-14)17-24-15(12-30-17)18(27)25-7-9-26(10-8-25)19(28)16-2-1-11-29-16/h1-6,11-12H,7-10H2. The lowest BCUT2D eigenvalue weighted by Crippen LogP contribution is -2.50. The maximum absolute atomic E-state index is 12.7. The number of aromatic nitrogens is 1. The van der Waals surface area contributed by atoms with Gasteiger partial charge in [0.1, 0.15) is 6.26 Å². The number of carbonyl (C=O) groups is 2. The Labute approximate surface area is 168 Å². The van der Waals surface area contributed by atoms with Crippen LogP contribution in [0.25, 0.3) is 11.5 Å². The lowest BCUT2D eigenvalue weighted by molar-refractivity contribution is -0.137. The van der Waals surface area contributed by atoms with E-state index in [0.29, 0.717) is 31.7 Å². The Morgan fingerprint density at radius 2 is 1.53 bits per heavy atom. The van der Waals surface area contributed by atoms with Crippen LogP contribution in [0.3, 0.4) is 0 Å². The van der Waals surface area contributed by atoms with Crippen LogP contribution >= 0.6 is 0 Å². The van der Waals surface area contributed by atoms with Crippen LogP contribution in [0.2, 0.25) is 0 Å². The predicted molar refractivity (Wildman–Crippen MR) is 97.5 cm³/mol. The van der Waals surface area contributed by atoms with Crippen molar-refractivity contribution in [1.29, 1.82) is 0 Å². The molecule has 2 aromatic heterocycles. The first kappa shape index (κ1) is 19.7. The van der Waals surface area contributed by atoms with E-state index in [4.69, 9.17) is 8.83 Å². The van der Waals surface area contributed by atoms with Gasteiger partial charge in [0.05, 0.1) is 11.8 Å². The van der Waals surface area contributed by atoms with Gasteiger partial charge in [0.2, 0.25) is 5.89 Å². The first-order valence-electron chi connectivity index (χ1n) is 9.08. The van der Waals surface area contributed by atoms with Crippen LogP contribution in [-0.2, 0) is 6.18 Å². The summed E-state index contributed by atoms with van der Waals surface area (Å²) in [4.78, 5) is 32.2. The van der Waals surface area contributed by atoms with Crippen molar-refractivity contribution in [2.24, 2.45) is 0 Å². The summed E-state index contributed by atoms with van der Waals surface area (Å²) in [6, 6.07) is 7.54. The molecule has 2 amide bonds. The van der Waals surface area contributed by atoms with E-state index < -0.39 is 11.7 Å². The van der Waals surface area contributed by atoms with Crippen molar-refractivity contribution in [2.45, 2.75) is 6.18 Å². The molecular formula is C20H16F3N3O4. The highest BCUT2D eigenvalue weighted by molar-refractivity contribution is 5.93.